The molecule has 3 rings (SSSR count). The zero-order chi connectivity index (χ0) is 29.6. The summed E-state index contributed by atoms with van der Waals surface area (Å²) >= 11 is 0. The van der Waals surface area contributed by atoms with E-state index in [0.717, 1.165) is 29.0 Å². The van der Waals surface area contributed by atoms with Gasteiger partial charge in [0.1, 0.15) is 11.5 Å². The van der Waals surface area contributed by atoms with Crippen molar-refractivity contribution in [3.05, 3.63) is 71.8 Å². The van der Waals surface area contributed by atoms with Gasteiger partial charge in [0.05, 0.1) is 26.4 Å². The van der Waals surface area contributed by atoms with E-state index in [-0.39, 0.29) is 0 Å². The third-order valence-electron chi connectivity index (χ3n) is 6.43. The van der Waals surface area contributed by atoms with Crippen molar-refractivity contribution in [1.29, 1.82) is 0 Å². The highest BCUT2D eigenvalue weighted by atomic mass is 31.0. The molecule has 3 atom stereocenters. The van der Waals surface area contributed by atoms with Crippen LogP contribution < -0.4 is 9.47 Å². The minimum atomic E-state index is 0.406. The third kappa shape index (κ3) is 13.9. The Hall–Kier alpha value is -2.57. The molecule has 0 aromatic heterocycles. The van der Waals surface area contributed by atoms with Crippen LogP contribution in [0.4, 0.5) is 0 Å². The highest BCUT2D eigenvalue weighted by Gasteiger charge is 2.20. The summed E-state index contributed by atoms with van der Waals surface area (Å²) in [6, 6.07) is 15.8. The average Bonchev–Trinajstić information content (AvgIpc) is 2.98. The summed E-state index contributed by atoms with van der Waals surface area (Å²) in [5.74, 6) is 4.61. The molecule has 1 aliphatic carbocycles. The second kappa shape index (κ2) is 22.3. The van der Waals surface area contributed by atoms with Gasteiger partial charge in [0.15, 0.2) is 0 Å². The number of hydrogen-bond acceptors (Lipinski definition) is 4. The Labute approximate surface area is 241 Å². The Morgan fingerprint density at radius 2 is 1.36 bits per heavy atom. The summed E-state index contributed by atoms with van der Waals surface area (Å²) in [6.07, 6.45) is 14.5. The largest absolute Gasteiger partial charge is 0.496 e. The monoisotopic (exact) mass is 554 g/mol. The number of methoxy groups -OCH3 is 3. The van der Waals surface area contributed by atoms with Gasteiger partial charge in [-0.2, -0.15) is 0 Å². The predicted octanol–water partition coefficient (Wildman–Crippen LogP) is 9.32. The van der Waals surface area contributed by atoms with E-state index in [2.05, 4.69) is 68.6 Å². The van der Waals surface area contributed by atoms with Crippen molar-refractivity contribution in [2.45, 2.75) is 79.4 Å². The first kappa shape index (κ1) is 36.4. The fourth-order valence-corrected chi connectivity index (χ4v) is 4.60. The standard InChI is InChI=1S/C14H14O2.C10H18.C7H15O2P.C3H4/c1-15-13-9-5-3-7-11(13)12-8-4-6-10-14(12)16-2;1-6-9(5)10(7-2)8(3)4;1-8-6-3-2-4-7(5-6)9-10;1-3-2/h3-10H,1-2H3;6-8H,1-5H3;6-7H,2-5,10H2,1H3;1H,2H3/b;9-6-,10-7-;;. The van der Waals surface area contributed by atoms with Crippen LogP contribution in [0.3, 0.4) is 0 Å². The van der Waals surface area contributed by atoms with Crippen LogP contribution in [0, 0.1) is 18.3 Å². The van der Waals surface area contributed by atoms with Gasteiger partial charge in [-0.3, -0.25) is 0 Å². The first-order chi connectivity index (χ1) is 18.8. The second-order valence-electron chi connectivity index (χ2n) is 9.34. The normalized spacial score (nSPS) is 16.8. The number of ether oxygens (including phenoxy) is 3. The molecule has 2 aromatic rings. The molecule has 0 N–H and O–H groups in total. The van der Waals surface area contributed by atoms with Crippen molar-refractivity contribution < 1.29 is 18.7 Å². The maximum absolute atomic E-state index is 5.34. The van der Waals surface area contributed by atoms with Gasteiger partial charge in [0, 0.05) is 34.1 Å². The molecule has 0 amide bonds. The van der Waals surface area contributed by atoms with Crippen LogP contribution in [0.15, 0.2) is 71.8 Å². The number of allylic oxidation sites excluding steroid dienone is 4. The van der Waals surface area contributed by atoms with Gasteiger partial charge >= 0.3 is 0 Å². The van der Waals surface area contributed by atoms with Crippen molar-refractivity contribution in [1.82, 2.24) is 0 Å². The van der Waals surface area contributed by atoms with Gasteiger partial charge in [0.2, 0.25) is 0 Å². The molecule has 3 unspecified atom stereocenters. The summed E-state index contributed by atoms with van der Waals surface area (Å²) in [5, 5.41) is 0. The lowest BCUT2D eigenvalue weighted by atomic mass is 9.95. The molecule has 0 heterocycles. The van der Waals surface area contributed by atoms with Crippen LogP contribution >= 0.6 is 9.47 Å². The molecule has 2 aromatic carbocycles. The van der Waals surface area contributed by atoms with E-state index in [1.807, 2.05) is 48.5 Å². The quantitative estimate of drug-likeness (QED) is 0.194. The Morgan fingerprint density at radius 3 is 1.69 bits per heavy atom. The Kier molecular flexibility index (Phi) is 20.8. The van der Waals surface area contributed by atoms with Crippen LogP contribution in [0.1, 0.15) is 67.2 Å². The molecular formula is C34H51O4P. The highest BCUT2D eigenvalue weighted by molar-refractivity contribution is 7.09. The van der Waals surface area contributed by atoms with E-state index in [4.69, 9.17) is 18.7 Å². The van der Waals surface area contributed by atoms with Crippen LogP contribution in [0.5, 0.6) is 11.5 Å². The molecule has 1 aliphatic rings. The van der Waals surface area contributed by atoms with Crippen LogP contribution in [0.2, 0.25) is 0 Å². The van der Waals surface area contributed by atoms with Gasteiger partial charge in [-0.05, 0) is 70.6 Å². The summed E-state index contributed by atoms with van der Waals surface area (Å²) in [7, 11) is 7.45. The van der Waals surface area contributed by atoms with Gasteiger partial charge in [0.25, 0.3) is 0 Å². The van der Waals surface area contributed by atoms with Gasteiger partial charge in [-0.15, -0.1) is 12.3 Å². The summed E-state index contributed by atoms with van der Waals surface area (Å²) in [4.78, 5) is 0. The molecule has 0 saturated heterocycles. The summed E-state index contributed by atoms with van der Waals surface area (Å²) in [5.41, 5.74) is 4.95. The first-order valence-electron chi connectivity index (χ1n) is 13.6. The van der Waals surface area contributed by atoms with Gasteiger partial charge < -0.3 is 18.7 Å². The highest BCUT2D eigenvalue weighted by Crippen LogP contribution is 2.35. The van der Waals surface area contributed by atoms with E-state index in [1.165, 1.54) is 30.4 Å². The fourth-order valence-electron chi connectivity index (χ4n) is 4.36. The average molecular weight is 555 g/mol. The molecule has 0 bridgehead atoms. The summed E-state index contributed by atoms with van der Waals surface area (Å²) in [6.45, 7) is 12.4. The molecule has 0 radical (unpaired) electrons. The minimum absolute atomic E-state index is 0.406. The van der Waals surface area contributed by atoms with Crippen molar-refractivity contribution in [2.75, 3.05) is 21.3 Å². The SMILES string of the molecule is C#CC.C/C=C(C)\C(=C/C)C(C)C.COC1CCCC(OP)C1.COc1ccccc1-c1ccccc1OC. The third-order valence-corrected chi connectivity index (χ3v) is 6.81. The molecular weight excluding hydrogens is 503 g/mol. The van der Waals surface area contributed by atoms with Crippen molar-refractivity contribution in [2.24, 2.45) is 5.92 Å². The zero-order valence-electron chi connectivity index (χ0n) is 25.6. The fraction of sp³-hybridized carbons (Fsp3) is 0.471. The maximum atomic E-state index is 5.34. The molecule has 0 aliphatic heterocycles. The number of benzene rings is 2. The smallest absolute Gasteiger partial charge is 0.126 e. The Bertz CT molecular complexity index is 964. The van der Waals surface area contributed by atoms with E-state index in [1.54, 1.807) is 28.3 Å². The van der Waals surface area contributed by atoms with E-state index in [0.29, 0.717) is 18.1 Å². The number of terminal acetylenes is 1. The van der Waals surface area contributed by atoms with Crippen molar-refractivity contribution in [3.8, 4) is 35.0 Å². The Morgan fingerprint density at radius 1 is 0.897 bits per heavy atom. The first-order valence-corrected chi connectivity index (χ1v) is 14.1. The predicted molar refractivity (Wildman–Crippen MR) is 171 cm³/mol. The topological polar surface area (TPSA) is 36.9 Å². The van der Waals surface area contributed by atoms with Crippen LogP contribution in [-0.2, 0) is 9.26 Å². The second-order valence-corrected chi connectivity index (χ2v) is 9.61. The lowest BCUT2D eigenvalue weighted by molar-refractivity contribution is 0.0270. The van der Waals surface area contributed by atoms with Gasteiger partial charge in [-0.25, -0.2) is 0 Å². The maximum Gasteiger partial charge on any atom is 0.126 e. The van der Waals surface area contributed by atoms with Gasteiger partial charge in [-0.1, -0.05) is 68.0 Å². The van der Waals surface area contributed by atoms with Crippen molar-refractivity contribution in [3.63, 3.8) is 0 Å². The lowest BCUT2D eigenvalue weighted by Gasteiger charge is -2.26. The molecule has 216 valence electrons. The van der Waals surface area contributed by atoms with E-state index in [9.17, 15) is 0 Å². The molecule has 1 saturated carbocycles. The molecule has 39 heavy (non-hydrogen) atoms. The number of rotatable bonds is 7. The molecule has 1 fully saturated rings. The number of para-hydroxylation sites is 2. The molecule has 5 heteroatoms. The summed E-state index contributed by atoms with van der Waals surface area (Å²) < 4.78 is 21.1. The van der Waals surface area contributed by atoms with Crippen LogP contribution in [0.25, 0.3) is 11.1 Å². The lowest BCUT2D eigenvalue weighted by Crippen LogP contribution is -2.25. The van der Waals surface area contributed by atoms with E-state index >= 15 is 0 Å². The van der Waals surface area contributed by atoms with Crippen molar-refractivity contribution >= 4 is 9.47 Å². The minimum Gasteiger partial charge on any atom is -0.496 e. The van der Waals surface area contributed by atoms with Crippen LogP contribution in [-0.4, -0.2) is 33.5 Å². The Balaban J connectivity index is 0.000000551. The molecule has 4 nitrogen and oxygen atoms in total. The number of hydrogen-bond donors (Lipinski definition) is 0. The van der Waals surface area contributed by atoms with E-state index < -0.39 is 0 Å². The zero-order valence-corrected chi connectivity index (χ0v) is 26.8. The molecule has 0 spiro atoms.